The Morgan fingerprint density at radius 2 is 1.65 bits per heavy atom. The van der Waals surface area contributed by atoms with Crippen LogP contribution in [0.15, 0.2) is 78.9 Å². The standard InChI is InChI=1S/C26H26FNO3/c27-23-8-4-7-22(17-23)26(13-15-31-16-14-26)25(30)28-18-24(29)21-11-9-20(10-12-21)19-5-2-1-3-6-19/h1-12,17,24,29H,13-16,18H2,(H,28,30). The molecule has 4 rings (SSSR count). The van der Waals surface area contributed by atoms with Crippen molar-refractivity contribution >= 4 is 5.91 Å². The van der Waals surface area contributed by atoms with Gasteiger partial charge in [-0.15, -0.1) is 0 Å². The van der Waals surface area contributed by atoms with E-state index in [1.807, 2.05) is 54.6 Å². The number of benzene rings is 3. The molecule has 3 aromatic carbocycles. The maximum absolute atomic E-state index is 13.8. The maximum atomic E-state index is 13.8. The van der Waals surface area contributed by atoms with Crippen LogP contribution in [0.4, 0.5) is 4.39 Å². The molecular formula is C26H26FNO3. The van der Waals surface area contributed by atoms with Crippen molar-refractivity contribution in [3.63, 3.8) is 0 Å². The van der Waals surface area contributed by atoms with E-state index in [0.717, 1.165) is 16.7 Å². The normalized spacial score (nSPS) is 16.5. The number of aliphatic hydroxyl groups excluding tert-OH is 1. The van der Waals surface area contributed by atoms with Crippen LogP contribution in [0.1, 0.15) is 30.1 Å². The van der Waals surface area contributed by atoms with Gasteiger partial charge in [-0.3, -0.25) is 4.79 Å². The number of hydrogen-bond acceptors (Lipinski definition) is 3. The van der Waals surface area contributed by atoms with Gasteiger partial charge in [-0.2, -0.15) is 0 Å². The molecule has 0 radical (unpaired) electrons. The third-order valence-corrected chi connectivity index (χ3v) is 6.02. The Bertz CT molecular complexity index is 1010. The zero-order valence-electron chi connectivity index (χ0n) is 17.3. The molecule has 160 valence electrons. The van der Waals surface area contributed by atoms with Crippen molar-refractivity contribution in [1.82, 2.24) is 5.32 Å². The van der Waals surface area contributed by atoms with E-state index in [2.05, 4.69) is 5.32 Å². The van der Waals surface area contributed by atoms with Crippen molar-refractivity contribution in [2.45, 2.75) is 24.4 Å². The van der Waals surface area contributed by atoms with Crippen molar-refractivity contribution < 1.29 is 19.0 Å². The molecule has 4 nitrogen and oxygen atoms in total. The van der Waals surface area contributed by atoms with Crippen LogP contribution in [-0.2, 0) is 14.9 Å². The van der Waals surface area contributed by atoms with Crippen molar-refractivity contribution in [2.24, 2.45) is 0 Å². The summed E-state index contributed by atoms with van der Waals surface area (Å²) in [5.74, 6) is -0.573. The van der Waals surface area contributed by atoms with Gasteiger partial charge in [-0.25, -0.2) is 4.39 Å². The molecule has 1 unspecified atom stereocenters. The number of carbonyl (C=O) groups excluding carboxylic acids is 1. The molecule has 1 heterocycles. The third-order valence-electron chi connectivity index (χ3n) is 6.02. The third kappa shape index (κ3) is 4.68. The molecule has 3 aromatic rings. The summed E-state index contributed by atoms with van der Waals surface area (Å²) in [4.78, 5) is 13.2. The fourth-order valence-corrected chi connectivity index (χ4v) is 4.16. The molecule has 0 saturated carbocycles. The highest BCUT2D eigenvalue weighted by Gasteiger charge is 2.41. The van der Waals surface area contributed by atoms with E-state index in [-0.39, 0.29) is 18.3 Å². The van der Waals surface area contributed by atoms with Gasteiger partial charge in [-0.1, -0.05) is 66.7 Å². The number of ether oxygens (including phenoxy) is 1. The number of nitrogens with one attached hydrogen (secondary N) is 1. The topological polar surface area (TPSA) is 58.6 Å². The van der Waals surface area contributed by atoms with Gasteiger partial charge in [0.2, 0.25) is 5.91 Å². The number of hydrogen-bond donors (Lipinski definition) is 2. The highest BCUT2D eigenvalue weighted by Crippen LogP contribution is 2.35. The second-order valence-corrected chi connectivity index (χ2v) is 7.92. The molecule has 0 aromatic heterocycles. The van der Waals surface area contributed by atoms with Crippen LogP contribution < -0.4 is 5.32 Å². The lowest BCUT2D eigenvalue weighted by Crippen LogP contribution is -2.49. The predicted molar refractivity (Wildman–Crippen MR) is 118 cm³/mol. The van der Waals surface area contributed by atoms with Gasteiger partial charge >= 0.3 is 0 Å². The number of aliphatic hydroxyl groups is 1. The molecule has 31 heavy (non-hydrogen) atoms. The minimum atomic E-state index is -0.850. The van der Waals surface area contributed by atoms with Gasteiger partial charge in [0.1, 0.15) is 5.82 Å². The molecule has 0 aliphatic carbocycles. The van der Waals surface area contributed by atoms with E-state index in [1.54, 1.807) is 12.1 Å². The largest absolute Gasteiger partial charge is 0.387 e. The molecule has 5 heteroatoms. The first-order valence-electron chi connectivity index (χ1n) is 10.5. The second kappa shape index (κ2) is 9.41. The number of amides is 1. The lowest BCUT2D eigenvalue weighted by molar-refractivity contribution is -0.131. The lowest BCUT2D eigenvalue weighted by atomic mass is 9.73. The first-order chi connectivity index (χ1) is 15.1. The van der Waals surface area contributed by atoms with Crippen LogP contribution in [0.25, 0.3) is 11.1 Å². The minimum Gasteiger partial charge on any atom is -0.387 e. The summed E-state index contributed by atoms with van der Waals surface area (Å²) in [6.07, 6.45) is 0.118. The van der Waals surface area contributed by atoms with E-state index in [0.29, 0.717) is 31.6 Å². The summed E-state index contributed by atoms with van der Waals surface area (Å²) in [6.45, 7) is 0.961. The average Bonchev–Trinajstić information content (AvgIpc) is 2.83. The molecule has 0 spiro atoms. The van der Waals surface area contributed by atoms with Crippen LogP contribution in [0.2, 0.25) is 0 Å². The fourth-order valence-electron chi connectivity index (χ4n) is 4.16. The Labute approximate surface area is 181 Å². The van der Waals surface area contributed by atoms with E-state index in [1.165, 1.54) is 12.1 Å². The molecule has 0 bridgehead atoms. The summed E-state index contributed by atoms with van der Waals surface area (Å²) in [6, 6.07) is 23.9. The van der Waals surface area contributed by atoms with Gasteiger partial charge in [0, 0.05) is 19.8 Å². The van der Waals surface area contributed by atoms with Crippen molar-refractivity contribution in [3.05, 3.63) is 95.8 Å². The minimum absolute atomic E-state index is 0.0848. The summed E-state index contributed by atoms with van der Waals surface area (Å²) in [5.41, 5.74) is 2.69. The molecular weight excluding hydrogens is 393 g/mol. The van der Waals surface area contributed by atoms with Gasteiger partial charge in [-0.05, 0) is 47.2 Å². The van der Waals surface area contributed by atoms with Crippen molar-refractivity contribution in [1.29, 1.82) is 0 Å². The molecule has 1 atom stereocenters. The number of halogens is 1. The first kappa shape index (κ1) is 21.2. The molecule has 2 N–H and O–H groups in total. The SMILES string of the molecule is O=C(NCC(O)c1ccc(-c2ccccc2)cc1)C1(c2cccc(F)c2)CCOCC1. The van der Waals surface area contributed by atoms with Gasteiger partial charge < -0.3 is 15.2 Å². The van der Waals surface area contributed by atoms with Crippen LogP contribution in [0.5, 0.6) is 0 Å². The summed E-state index contributed by atoms with van der Waals surface area (Å²) in [7, 11) is 0. The molecule has 1 amide bonds. The number of carbonyl (C=O) groups is 1. The molecule has 1 fully saturated rings. The second-order valence-electron chi connectivity index (χ2n) is 7.92. The Kier molecular flexibility index (Phi) is 6.44. The lowest BCUT2D eigenvalue weighted by Gasteiger charge is -2.36. The van der Waals surface area contributed by atoms with Gasteiger partial charge in [0.05, 0.1) is 11.5 Å². The predicted octanol–water partition coefficient (Wildman–Crippen LogP) is 4.39. The average molecular weight is 419 g/mol. The number of rotatable bonds is 6. The smallest absolute Gasteiger partial charge is 0.230 e. The van der Waals surface area contributed by atoms with Crippen molar-refractivity contribution in [3.8, 4) is 11.1 Å². The molecule has 1 aliphatic heterocycles. The summed E-state index contributed by atoms with van der Waals surface area (Å²) in [5, 5.41) is 13.5. The molecule has 1 saturated heterocycles. The van der Waals surface area contributed by atoms with Crippen LogP contribution in [-0.4, -0.2) is 30.8 Å². The van der Waals surface area contributed by atoms with E-state index in [9.17, 15) is 14.3 Å². The van der Waals surface area contributed by atoms with E-state index < -0.39 is 11.5 Å². The zero-order valence-corrected chi connectivity index (χ0v) is 17.3. The highest BCUT2D eigenvalue weighted by atomic mass is 19.1. The van der Waals surface area contributed by atoms with Gasteiger partial charge in [0.15, 0.2) is 0 Å². The summed E-state index contributed by atoms with van der Waals surface area (Å²) >= 11 is 0. The maximum Gasteiger partial charge on any atom is 0.230 e. The van der Waals surface area contributed by atoms with Crippen LogP contribution >= 0.6 is 0 Å². The summed E-state index contributed by atoms with van der Waals surface area (Å²) < 4.78 is 19.3. The Balaban J connectivity index is 1.45. The van der Waals surface area contributed by atoms with Crippen LogP contribution in [0, 0.1) is 5.82 Å². The Morgan fingerprint density at radius 3 is 2.32 bits per heavy atom. The van der Waals surface area contributed by atoms with E-state index in [4.69, 9.17) is 4.74 Å². The Morgan fingerprint density at radius 1 is 0.968 bits per heavy atom. The molecule has 1 aliphatic rings. The van der Waals surface area contributed by atoms with Gasteiger partial charge in [0.25, 0.3) is 0 Å². The zero-order chi connectivity index (χ0) is 21.7. The monoisotopic (exact) mass is 419 g/mol. The quantitative estimate of drug-likeness (QED) is 0.623. The first-order valence-corrected chi connectivity index (χ1v) is 10.5. The Hall–Kier alpha value is -3.02. The van der Waals surface area contributed by atoms with E-state index >= 15 is 0 Å². The van der Waals surface area contributed by atoms with Crippen LogP contribution in [0.3, 0.4) is 0 Å². The fraction of sp³-hybridized carbons (Fsp3) is 0.269. The van der Waals surface area contributed by atoms with Crippen molar-refractivity contribution in [2.75, 3.05) is 19.8 Å². The highest BCUT2D eigenvalue weighted by molar-refractivity contribution is 5.88.